The third-order valence-corrected chi connectivity index (χ3v) is 9.37. The number of ketones is 2. The van der Waals surface area contributed by atoms with Crippen LogP contribution in [0.1, 0.15) is 58.3 Å². The summed E-state index contributed by atoms with van der Waals surface area (Å²) in [6.07, 6.45) is 13.3. The van der Waals surface area contributed by atoms with Crippen LogP contribution in [0.4, 0.5) is 0 Å². The summed E-state index contributed by atoms with van der Waals surface area (Å²) in [5, 5.41) is 0. The molecule has 3 saturated carbocycles. The molecule has 3 fully saturated rings. The van der Waals surface area contributed by atoms with Crippen LogP contribution >= 0.6 is 0 Å². The third kappa shape index (κ3) is 1.68. The molecular formula is C23H28O2. The standard InChI is InChI=1S/C23H28O2/c1-23-10-9-15-13(18(23)7-8-20(23)25)5-6-16-21(15)17-11-19(24)22(16)14-4-2-3-12(14)17/h2,4,12-15,17-18,22H,3,5-11H2,1H3/t12-,13+,14+,15-,17+,18-,22-,23-/m0/s1. The highest BCUT2D eigenvalue weighted by atomic mass is 16.1. The monoisotopic (exact) mass is 336 g/mol. The van der Waals surface area contributed by atoms with Crippen LogP contribution in [0.2, 0.25) is 0 Å². The second-order valence-corrected chi connectivity index (χ2v) is 9.97. The first kappa shape index (κ1) is 14.9. The summed E-state index contributed by atoms with van der Waals surface area (Å²) in [6, 6.07) is 0. The van der Waals surface area contributed by atoms with Gasteiger partial charge in [-0.2, -0.15) is 0 Å². The molecule has 0 unspecified atom stereocenters. The molecule has 7 aliphatic carbocycles. The molecule has 0 spiro atoms. The van der Waals surface area contributed by atoms with E-state index in [-0.39, 0.29) is 11.3 Å². The fourth-order valence-electron chi connectivity index (χ4n) is 8.36. The van der Waals surface area contributed by atoms with Crippen LogP contribution in [0.5, 0.6) is 0 Å². The highest BCUT2D eigenvalue weighted by Gasteiger charge is 2.60. The molecule has 8 atom stereocenters. The van der Waals surface area contributed by atoms with Crippen LogP contribution in [0, 0.1) is 46.8 Å². The van der Waals surface area contributed by atoms with Crippen molar-refractivity contribution in [2.24, 2.45) is 46.8 Å². The Hall–Kier alpha value is -1.18. The summed E-state index contributed by atoms with van der Waals surface area (Å²) in [5.74, 6) is 5.07. The minimum absolute atomic E-state index is 0.0276. The maximum atomic E-state index is 12.8. The van der Waals surface area contributed by atoms with E-state index in [1.165, 1.54) is 19.3 Å². The van der Waals surface area contributed by atoms with Gasteiger partial charge in [-0.15, -0.1) is 0 Å². The van der Waals surface area contributed by atoms with Gasteiger partial charge < -0.3 is 0 Å². The summed E-state index contributed by atoms with van der Waals surface area (Å²) >= 11 is 0. The van der Waals surface area contributed by atoms with Gasteiger partial charge in [-0.05, 0) is 74.0 Å². The zero-order valence-corrected chi connectivity index (χ0v) is 15.2. The molecule has 2 heteroatoms. The Kier molecular flexibility index (Phi) is 2.84. The molecule has 0 aromatic carbocycles. The summed E-state index contributed by atoms with van der Waals surface area (Å²) < 4.78 is 0. The number of Topliss-reactive ketones (excluding diaryl/α,β-unsaturated/α-hetero) is 2. The fraction of sp³-hybridized carbons (Fsp3) is 0.739. The summed E-state index contributed by atoms with van der Waals surface area (Å²) in [4.78, 5) is 25.3. The van der Waals surface area contributed by atoms with Crippen LogP contribution < -0.4 is 0 Å². The zero-order chi connectivity index (χ0) is 16.9. The maximum Gasteiger partial charge on any atom is 0.141 e. The first-order chi connectivity index (χ1) is 12.1. The van der Waals surface area contributed by atoms with E-state index < -0.39 is 0 Å². The molecule has 2 nitrogen and oxygen atoms in total. The fourth-order valence-corrected chi connectivity index (χ4v) is 8.36. The summed E-state index contributed by atoms with van der Waals surface area (Å²) in [7, 11) is 0. The number of fused-ring (bicyclic) bond motifs is 4. The first-order valence-corrected chi connectivity index (χ1v) is 10.5. The largest absolute Gasteiger partial charge is 0.299 e. The molecule has 0 radical (unpaired) electrons. The van der Waals surface area contributed by atoms with Gasteiger partial charge >= 0.3 is 0 Å². The van der Waals surface area contributed by atoms with Crippen molar-refractivity contribution >= 4 is 11.6 Å². The molecule has 0 amide bonds. The Morgan fingerprint density at radius 1 is 1.04 bits per heavy atom. The predicted octanol–water partition coefficient (Wildman–Crippen LogP) is 4.50. The van der Waals surface area contributed by atoms with Crippen molar-refractivity contribution in [1.29, 1.82) is 0 Å². The van der Waals surface area contributed by atoms with Gasteiger partial charge in [0.05, 0.1) is 0 Å². The molecule has 132 valence electrons. The van der Waals surface area contributed by atoms with Gasteiger partial charge in [-0.25, -0.2) is 0 Å². The number of allylic oxidation sites excluding steroid dienone is 4. The molecule has 25 heavy (non-hydrogen) atoms. The third-order valence-electron chi connectivity index (χ3n) is 9.37. The number of carbonyl (C=O) groups is 2. The highest BCUT2D eigenvalue weighted by Crippen LogP contribution is 2.65. The van der Waals surface area contributed by atoms with Crippen molar-refractivity contribution in [3.63, 3.8) is 0 Å². The molecule has 7 aliphatic rings. The minimum atomic E-state index is -0.0276. The van der Waals surface area contributed by atoms with E-state index in [2.05, 4.69) is 19.1 Å². The lowest BCUT2D eigenvalue weighted by molar-refractivity contribution is -0.131. The molecule has 0 aromatic rings. The second kappa shape index (κ2) is 4.75. The number of carbonyl (C=O) groups excluding carboxylic acids is 2. The lowest BCUT2D eigenvalue weighted by atomic mass is 9.47. The quantitative estimate of drug-likeness (QED) is 0.610. The maximum absolute atomic E-state index is 12.8. The summed E-state index contributed by atoms with van der Waals surface area (Å²) in [6.45, 7) is 2.26. The first-order valence-electron chi connectivity index (χ1n) is 10.5. The Morgan fingerprint density at radius 2 is 1.92 bits per heavy atom. The zero-order valence-electron chi connectivity index (χ0n) is 15.2. The molecule has 0 saturated heterocycles. The Morgan fingerprint density at radius 3 is 2.80 bits per heavy atom. The lowest BCUT2D eigenvalue weighted by Crippen LogP contribution is -2.52. The van der Waals surface area contributed by atoms with Gasteiger partial charge in [0.1, 0.15) is 11.6 Å². The van der Waals surface area contributed by atoms with Crippen LogP contribution in [0.15, 0.2) is 23.3 Å². The average molecular weight is 336 g/mol. The van der Waals surface area contributed by atoms with Crippen molar-refractivity contribution in [1.82, 2.24) is 0 Å². The van der Waals surface area contributed by atoms with Gasteiger partial charge in [0.25, 0.3) is 0 Å². The van der Waals surface area contributed by atoms with Gasteiger partial charge in [-0.3, -0.25) is 9.59 Å². The predicted molar refractivity (Wildman–Crippen MR) is 95.7 cm³/mol. The second-order valence-electron chi connectivity index (χ2n) is 9.97. The molecule has 0 heterocycles. The van der Waals surface area contributed by atoms with Gasteiger partial charge in [-0.1, -0.05) is 30.2 Å². The number of hydrogen-bond donors (Lipinski definition) is 0. The molecular weight excluding hydrogens is 308 g/mol. The van der Waals surface area contributed by atoms with Crippen molar-refractivity contribution in [3.05, 3.63) is 23.3 Å². The van der Waals surface area contributed by atoms with Crippen molar-refractivity contribution < 1.29 is 9.59 Å². The van der Waals surface area contributed by atoms with Gasteiger partial charge in [0.15, 0.2) is 0 Å². The number of rotatable bonds is 0. The Labute approximate surface area is 150 Å². The number of hydrogen-bond acceptors (Lipinski definition) is 2. The van der Waals surface area contributed by atoms with Gasteiger partial charge in [0.2, 0.25) is 0 Å². The van der Waals surface area contributed by atoms with Crippen molar-refractivity contribution in [2.75, 3.05) is 0 Å². The van der Waals surface area contributed by atoms with E-state index in [1.807, 2.05) is 0 Å². The normalized spacial score (nSPS) is 52.9. The van der Waals surface area contributed by atoms with Crippen LogP contribution in [-0.4, -0.2) is 11.6 Å². The van der Waals surface area contributed by atoms with Crippen LogP contribution in [-0.2, 0) is 9.59 Å². The van der Waals surface area contributed by atoms with E-state index in [9.17, 15) is 9.59 Å². The van der Waals surface area contributed by atoms with E-state index >= 15 is 0 Å². The van der Waals surface area contributed by atoms with E-state index in [0.29, 0.717) is 47.1 Å². The van der Waals surface area contributed by atoms with E-state index in [1.54, 1.807) is 11.1 Å². The minimum Gasteiger partial charge on any atom is -0.299 e. The lowest BCUT2D eigenvalue weighted by Gasteiger charge is -2.56. The van der Waals surface area contributed by atoms with Crippen molar-refractivity contribution in [3.8, 4) is 0 Å². The Balaban J connectivity index is 1.43. The SMILES string of the molecule is C[C@]12CC[C@@H]3C4=C(CC[C@H]3[C@@H]1CCC2=O)[C@H]1C(=O)C[C@@H]4[C@H]2CC=C[C@@H]12. The topological polar surface area (TPSA) is 34.1 Å². The molecule has 0 aliphatic heterocycles. The molecule has 0 N–H and O–H groups in total. The highest BCUT2D eigenvalue weighted by molar-refractivity contribution is 5.89. The average Bonchev–Trinajstić information content (AvgIpc) is 3.20. The molecule has 2 bridgehead atoms. The van der Waals surface area contributed by atoms with Crippen LogP contribution in [0.3, 0.4) is 0 Å². The van der Waals surface area contributed by atoms with Gasteiger partial charge in [0, 0.05) is 24.2 Å². The smallest absolute Gasteiger partial charge is 0.141 e. The van der Waals surface area contributed by atoms with E-state index in [4.69, 9.17) is 0 Å². The summed E-state index contributed by atoms with van der Waals surface area (Å²) in [5.41, 5.74) is 3.29. The van der Waals surface area contributed by atoms with Crippen LogP contribution in [0.25, 0.3) is 0 Å². The molecule has 7 rings (SSSR count). The van der Waals surface area contributed by atoms with E-state index in [0.717, 1.165) is 32.1 Å². The molecule has 0 aromatic heterocycles. The van der Waals surface area contributed by atoms with Crippen molar-refractivity contribution in [2.45, 2.75) is 58.3 Å². The Bertz CT molecular complexity index is 743.